The van der Waals surface area contributed by atoms with Crippen molar-refractivity contribution in [1.82, 2.24) is 4.98 Å². The molecule has 0 bridgehead atoms. The Morgan fingerprint density at radius 1 is 1.50 bits per heavy atom. The van der Waals surface area contributed by atoms with E-state index < -0.39 is 5.97 Å². The van der Waals surface area contributed by atoms with E-state index in [0.717, 1.165) is 6.42 Å². The van der Waals surface area contributed by atoms with Gasteiger partial charge in [0.1, 0.15) is 11.4 Å². The first-order valence-electron chi connectivity index (χ1n) is 5.69. The second kappa shape index (κ2) is 5.64. The molecule has 0 fully saturated rings. The molecule has 0 aliphatic carbocycles. The molecule has 2 aromatic rings. The lowest BCUT2D eigenvalue weighted by atomic mass is 10.2. The van der Waals surface area contributed by atoms with E-state index in [-0.39, 0.29) is 5.56 Å². The number of anilines is 1. The van der Waals surface area contributed by atoms with Gasteiger partial charge in [0.15, 0.2) is 0 Å². The molecule has 2 aromatic heterocycles. The van der Waals surface area contributed by atoms with Crippen LogP contribution in [0.15, 0.2) is 29.8 Å². The van der Waals surface area contributed by atoms with Crippen molar-refractivity contribution in [2.75, 3.05) is 5.32 Å². The number of carboxylic acids is 1. The van der Waals surface area contributed by atoms with Crippen LogP contribution in [0.2, 0.25) is 0 Å². The van der Waals surface area contributed by atoms with Crippen molar-refractivity contribution in [2.45, 2.75) is 19.9 Å². The summed E-state index contributed by atoms with van der Waals surface area (Å²) >= 11 is 1.67. The second-order valence-electron chi connectivity index (χ2n) is 3.78. The lowest BCUT2D eigenvalue weighted by Crippen LogP contribution is -2.08. The maximum absolute atomic E-state index is 11.0. The van der Waals surface area contributed by atoms with Crippen molar-refractivity contribution in [3.8, 4) is 0 Å². The quantitative estimate of drug-likeness (QED) is 0.869. The van der Waals surface area contributed by atoms with Crippen LogP contribution in [-0.2, 0) is 13.0 Å². The Balaban J connectivity index is 2.13. The Morgan fingerprint density at radius 3 is 3.06 bits per heavy atom. The third kappa shape index (κ3) is 2.68. The zero-order valence-corrected chi connectivity index (χ0v) is 10.8. The van der Waals surface area contributed by atoms with E-state index in [2.05, 4.69) is 23.3 Å². The van der Waals surface area contributed by atoms with E-state index in [1.54, 1.807) is 29.7 Å². The Bertz CT molecular complexity index is 551. The third-order valence-corrected chi connectivity index (χ3v) is 3.64. The summed E-state index contributed by atoms with van der Waals surface area (Å²) in [5, 5.41) is 14.2. The molecule has 0 radical (unpaired) electrons. The Kier molecular flexibility index (Phi) is 3.94. The molecule has 0 aromatic carbocycles. The number of aryl methyl sites for hydroxylation is 1. The maximum Gasteiger partial charge on any atom is 0.339 e. The minimum absolute atomic E-state index is 0.201. The number of rotatable bonds is 5. The van der Waals surface area contributed by atoms with Crippen LogP contribution in [0, 0.1) is 0 Å². The zero-order chi connectivity index (χ0) is 13.0. The Labute approximate surface area is 109 Å². The number of nitrogens with one attached hydrogen (secondary N) is 1. The first-order chi connectivity index (χ1) is 8.72. The molecule has 94 valence electrons. The SMILES string of the molecule is CCc1ccsc1CNc1ncccc1C(=O)O. The molecule has 5 heteroatoms. The van der Waals surface area contributed by atoms with Gasteiger partial charge in [-0.2, -0.15) is 0 Å². The molecule has 0 unspecified atom stereocenters. The van der Waals surface area contributed by atoms with Crippen LogP contribution in [0.25, 0.3) is 0 Å². The van der Waals surface area contributed by atoms with Gasteiger partial charge < -0.3 is 10.4 Å². The number of thiophene rings is 1. The van der Waals surface area contributed by atoms with Crippen molar-refractivity contribution < 1.29 is 9.90 Å². The summed E-state index contributed by atoms with van der Waals surface area (Å²) < 4.78 is 0. The molecule has 0 aliphatic rings. The summed E-state index contributed by atoms with van der Waals surface area (Å²) in [5.74, 6) is -0.548. The maximum atomic E-state index is 11.0. The number of nitrogens with zero attached hydrogens (tertiary/aromatic N) is 1. The van der Waals surface area contributed by atoms with Gasteiger partial charge >= 0.3 is 5.97 Å². The van der Waals surface area contributed by atoms with Crippen LogP contribution in [-0.4, -0.2) is 16.1 Å². The van der Waals surface area contributed by atoms with Crippen molar-refractivity contribution in [2.24, 2.45) is 0 Å². The molecule has 2 rings (SSSR count). The van der Waals surface area contributed by atoms with Gasteiger partial charge in [0.25, 0.3) is 0 Å². The number of carboxylic acid groups (broad SMARTS) is 1. The van der Waals surface area contributed by atoms with Crippen LogP contribution in [0.1, 0.15) is 27.7 Å². The molecule has 0 aliphatic heterocycles. The topological polar surface area (TPSA) is 62.2 Å². The Hall–Kier alpha value is -1.88. The van der Waals surface area contributed by atoms with Crippen molar-refractivity contribution in [1.29, 1.82) is 0 Å². The van der Waals surface area contributed by atoms with Gasteiger partial charge in [0, 0.05) is 11.1 Å². The monoisotopic (exact) mass is 262 g/mol. The summed E-state index contributed by atoms with van der Waals surface area (Å²) in [5.41, 5.74) is 1.49. The van der Waals surface area contributed by atoms with Gasteiger partial charge in [-0.1, -0.05) is 6.92 Å². The zero-order valence-electron chi connectivity index (χ0n) is 10.0. The molecular formula is C13H14N2O2S. The summed E-state index contributed by atoms with van der Waals surface area (Å²) in [6.45, 7) is 2.72. The van der Waals surface area contributed by atoms with Crippen LogP contribution < -0.4 is 5.32 Å². The van der Waals surface area contributed by atoms with Gasteiger partial charge in [-0.3, -0.25) is 0 Å². The number of pyridine rings is 1. The number of aromatic carboxylic acids is 1. The van der Waals surface area contributed by atoms with E-state index >= 15 is 0 Å². The van der Waals surface area contributed by atoms with Gasteiger partial charge in [-0.15, -0.1) is 11.3 Å². The minimum atomic E-state index is -0.965. The molecule has 0 saturated carbocycles. The molecule has 2 N–H and O–H groups in total. The molecule has 0 spiro atoms. The lowest BCUT2D eigenvalue weighted by Gasteiger charge is -2.08. The molecule has 18 heavy (non-hydrogen) atoms. The smallest absolute Gasteiger partial charge is 0.339 e. The highest BCUT2D eigenvalue weighted by Crippen LogP contribution is 2.19. The standard InChI is InChI=1S/C13H14N2O2S/c1-2-9-5-7-18-11(9)8-15-12-10(13(16)17)4-3-6-14-12/h3-7H,2,8H2,1H3,(H,14,15)(H,16,17). The van der Waals surface area contributed by atoms with E-state index in [9.17, 15) is 4.79 Å². The first kappa shape index (κ1) is 12.6. The van der Waals surface area contributed by atoms with E-state index in [4.69, 9.17) is 5.11 Å². The highest BCUT2D eigenvalue weighted by molar-refractivity contribution is 7.10. The fraction of sp³-hybridized carbons (Fsp3) is 0.231. The van der Waals surface area contributed by atoms with Crippen LogP contribution in [0.5, 0.6) is 0 Å². The molecule has 2 heterocycles. The summed E-state index contributed by atoms with van der Waals surface area (Å²) in [6.07, 6.45) is 2.57. The Morgan fingerprint density at radius 2 is 2.33 bits per heavy atom. The van der Waals surface area contributed by atoms with Crippen molar-refractivity contribution >= 4 is 23.1 Å². The van der Waals surface area contributed by atoms with Crippen LogP contribution >= 0.6 is 11.3 Å². The molecule has 0 amide bonds. The highest BCUT2D eigenvalue weighted by atomic mass is 32.1. The normalized spacial score (nSPS) is 10.3. The third-order valence-electron chi connectivity index (χ3n) is 2.67. The van der Waals surface area contributed by atoms with Gasteiger partial charge in [0.05, 0.1) is 6.54 Å². The fourth-order valence-corrected chi connectivity index (χ4v) is 2.64. The molecule has 4 nitrogen and oxygen atoms in total. The van der Waals surface area contributed by atoms with E-state index in [1.165, 1.54) is 10.4 Å². The summed E-state index contributed by atoms with van der Waals surface area (Å²) in [4.78, 5) is 16.3. The van der Waals surface area contributed by atoms with Gasteiger partial charge in [-0.05, 0) is 35.6 Å². The summed E-state index contributed by atoms with van der Waals surface area (Å²) in [7, 11) is 0. The average Bonchev–Trinajstić information content (AvgIpc) is 2.84. The van der Waals surface area contributed by atoms with Crippen molar-refractivity contribution in [3.63, 3.8) is 0 Å². The molecular weight excluding hydrogens is 248 g/mol. The van der Waals surface area contributed by atoms with E-state index in [0.29, 0.717) is 12.4 Å². The predicted octanol–water partition coefficient (Wildman–Crippen LogP) is 3.02. The van der Waals surface area contributed by atoms with Crippen molar-refractivity contribution in [3.05, 3.63) is 45.8 Å². The number of carbonyl (C=O) groups is 1. The van der Waals surface area contributed by atoms with Gasteiger partial charge in [0.2, 0.25) is 0 Å². The highest BCUT2D eigenvalue weighted by Gasteiger charge is 2.10. The lowest BCUT2D eigenvalue weighted by molar-refractivity contribution is 0.0697. The van der Waals surface area contributed by atoms with Crippen LogP contribution in [0.4, 0.5) is 5.82 Å². The summed E-state index contributed by atoms with van der Waals surface area (Å²) in [6, 6.07) is 5.27. The number of hydrogen-bond donors (Lipinski definition) is 2. The number of hydrogen-bond acceptors (Lipinski definition) is 4. The van der Waals surface area contributed by atoms with E-state index in [1.807, 2.05) is 5.38 Å². The second-order valence-corrected chi connectivity index (χ2v) is 4.78. The predicted molar refractivity (Wildman–Crippen MR) is 72.2 cm³/mol. The minimum Gasteiger partial charge on any atom is -0.478 e. The fourth-order valence-electron chi connectivity index (χ4n) is 1.72. The average molecular weight is 262 g/mol. The largest absolute Gasteiger partial charge is 0.478 e. The number of aromatic nitrogens is 1. The van der Waals surface area contributed by atoms with Crippen LogP contribution in [0.3, 0.4) is 0 Å². The first-order valence-corrected chi connectivity index (χ1v) is 6.57. The molecule has 0 atom stereocenters. The molecule has 0 saturated heterocycles. The van der Waals surface area contributed by atoms with Gasteiger partial charge in [-0.25, -0.2) is 9.78 Å².